The van der Waals surface area contributed by atoms with E-state index in [0.717, 1.165) is 24.4 Å². The molecule has 1 amide bonds. The third-order valence-electron chi connectivity index (χ3n) is 5.43. The second-order valence-corrected chi connectivity index (χ2v) is 7.65. The van der Waals surface area contributed by atoms with E-state index in [9.17, 15) is 31.1 Å². The molecule has 180 valence electrons. The number of alkyl halides is 6. The fourth-order valence-corrected chi connectivity index (χ4v) is 3.78. The van der Waals surface area contributed by atoms with Gasteiger partial charge in [0, 0.05) is 12.1 Å². The van der Waals surface area contributed by atoms with E-state index in [1.165, 1.54) is 13.2 Å². The molecule has 0 spiro atoms. The van der Waals surface area contributed by atoms with Crippen LogP contribution in [0.2, 0.25) is 0 Å². The number of carbonyl (C=O) groups excluding carboxylic acids is 1. The molecule has 0 radical (unpaired) electrons. The first kappa shape index (κ1) is 23.5. The first-order valence-electron chi connectivity index (χ1n) is 10.0. The minimum absolute atomic E-state index is 0.160. The zero-order valence-electron chi connectivity index (χ0n) is 17.5. The average molecular weight is 484 g/mol. The smallest absolute Gasteiger partial charge is 0.416 e. The summed E-state index contributed by atoms with van der Waals surface area (Å²) >= 11 is 0. The highest BCUT2D eigenvalue weighted by Crippen LogP contribution is 2.44. The number of nitrogens with zero attached hydrogens (tertiary/aromatic N) is 2. The normalized spacial score (nSPS) is 18.1. The fraction of sp³-hybridized carbons (Fsp3) is 0.273. The van der Waals surface area contributed by atoms with Crippen LogP contribution < -0.4 is 15.4 Å². The van der Waals surface area contributed by atoms with Crippen LogP contribution in [-0.4, -0.2) is 29.0 Å². The minimum Gasteiger partial charge on any atom is -0.497 e. The molecule has 4 rings (SSSR count). The van der Waals surface area contributed by atoms with Gasteiger partial charge in [0.1, 0.15) is 17.1 Å². The molecule has 12 heteroatoms. The molecule has 0 bridgehead atoms. The van der Waals surface area contributed by atoms with Gasteiger partial charge in [-0.1, -0.05) is 18.2 Å². The lowest BCUT2D eigenvalue weighted by atomic mass is 9.96. The number of nitrogens with one attached hydrogen (secondary N) is 2. The van der Waals surface area contributed by atoms with Crippen molar-refractivity contribution < 1.29 is 35.9 Å². The number of aromatic nitrogens is 2. The van der Waals surface area contributed by atoms with Crippen molar-refractivity contribution in [1.29, 1.82) is 0 Å². The van der Waals surface area contributed by atoms with Crippen LogP contribution >= 0.6 is 0 Å². The first-order chi connectivity index (χ1) is 16.0. The van der Waals surface area contributed by atoms with Gasteiger partial charge in [-0.25, -0.2) is 4.68 Å². The highest BCUT2D eigenvalue weighted by atomic mass is 19.4. The van der Waals surface area contributed by atoms with Crippen molar-refractivity contribution in [2.45, 2.75) is 30.9 Å². The van der Waals surface area contributed by atoms with Crippen molar-refractivity contribution in [3.05, 3.63) is 71.4 Å². The summed E-state index contributed by atoms with van der Waals surface area (Å²) in [5.74, 6) is -0.643. The van der Waals surface area contributed by atoms with E-state index in [1.807, 2.05) is 0 Å². The largest absolute Gasteiger partial charge is 0.497 e. The van der Waals surface area contributed by atoms with Crippen LogP contribution in [0, 0.1) is 0 Å². The Morgan fingerprint density at radius 2 is 1.85 bits per heavy atom. The summed E-state index contributed by atoms with van der Waals surface area (Å²) < 4.78 is 86.3. The van der Waals surface area contributed by atoms with Gasteiger partial charge in [-0.2, -0.15) is 31.4 Å². The summed E-state index contributed by atoms with van der Waals surface area (Å²) in [4.78, 5) is 12.8. The van der Waals surface area contributed by atoms with Crippen LogP contribution in [0.4, 0.5) is 37.8 Å². The second-order valence-electron chi connectivity index (χ2n) is 7.65. The molecule has 2 atom stereocenters. The van der Waals surface area contributed by atoms with Gasteiger partial charge in [-0.15, -0.1) is 0 Å². The Morgan fingerprint density at radius 1 is 1.12 bits per heavy atom. The Morgan fingerprint density at radius 3 is 2.53 bits per heavy atom. The zero-order chi connectivity index (χ0) is 24.7. The van der Waals surface area contributed by atoms with Crippen molar-refractivity contribution in [1.82, 2.24) is 9.78 Å². The molecular formula is C22H18F6N4O2. The number of halogens is 6. The number of hydrogen-bond acceptors (Lipinski definition) is 4. The number of fused-ring (bicyclic) bond motifs is 1. The molecule has 0 fully saturated rings. The van der Waals surface area contributed by atoms with Crippen LogP contribution in [0.5, 0.6) is 5.75 Å². The van der Waals surface area contributed by atoms with Gasteiger partial charge in [0.15, 0.2) is 6.04 Å². The highest BCUT2D eigenvalue weighted by Gasteiger charge is 2.47. The summed E-state index contributed by atoms with van der Waals surface area (Å²) in [6.07, 6.45) is -8.71. The molecule has 0 saturated carbocycles. The van der Waals surface area contributed by atoms with Gasteiger partial charge in [0.25, 0.3) is 5.91 Å². The molecule has 6 nitrogen and oxygen atoms in total. The predicted molar refractivity (Wildman–Crippen MR) is 111 cm³/mol. The summed E-state index contributed by atoms with van der Waals surface area (Å²) in [6, 6.07) is 7.57. The van der Waals surface area contributed by atoms with E-state index in [4.69, 9.17) is 4.74 Å². The molecule has 2 aromatic carbocycles. The highest BCUT2D eigenvalue weighted by molar-refractivity contribution is 6.07. The molecule has 1 aromatic heterocycles. The van der Waals surface area contributed by atoms with E-state index in [0.29, 0.717) is 16.0 Å². The van der Waals surface area contributed by atoms with E-state index in [1.54, 1.807) is 24.3 Å². The van der Waals surface area contributed by atoms with Gasteiger partial charge >= 0.3 is 12.4 Å². The number of rotatable bonds is 4. The lowest BCUT2D eigenvalue weighted by Gasteiger charge is -2.34. The van der Waals surface area contributed by atoms with E-state index < -0.39 is 35.9 Å². The van der Waals surface area contributed by atoms with Crippen LogP contribution in [0.3, 0.4) is 0 Å². The van der Waals surface area contributed by atoms with Crippen LogP contribution in [0.25, 0.3) is 0 Å². The molecular weight excluding hydrogens is 466 g/mol. The summed E-state index contributed by atoms with van der Waals surface area (Å²) in [5.41, 5.74) is -0.868. The van der Waals surface area contributed by atoms with Gasteiger partial charge in [-0.3, -0.25) is 4.79 Å². The van der Waals surface area contributed by atoms with E-state index >= 15 is 0 Å². The number of methoxy groups -OCH3 is 1. The predicted octanol–water partition coefficient (Wildman–Crippen LogP) is 5.82. The maximum atomic E-state index is 13.8. The fourth-order valence-electron chi connectivity index (χ4n) is 3.78. The third kappa shape index (κ3) is 4.66. The van der Waals surface area contributed by atoms with Crippen molar-refractivity contribution >= 4 is 17.4 Å². The Bertz CT molecular complexity index is 1200. The van der Waals surface area contributed by atoms with Crippen molar-refractivity contribution in [3.8, 4) is 5.75 Å². The molecule has 0 saturated heterocycles. The third-order valence-corrected chi connectivity index (χ3v) is 5.43. The van der Waals surface area contributed by atoms with Crippen LogP contribution in [0.15, 0.2) is 54.7 Å². The van der Waals surface area contributed by atoms with Gasteiger partial charge in [0.2, 0.25) is 0 Å². The lowest BCUT2D eigenvalue weighted by Crippen LogP contribution is -2.36. The number of anilines is 2. The van der Waals surface area contributed by atoms with Crippen LogP contribution in [0.1, 0.15) is 40.0 Å². The molecule has 2 heterocycles. The molecule has 0 aliphatic carbocycles. The second kappa shape index (κ2) is 8.58. The molecule has 1 aliphatic rings. The quantitative estimate of drug-likeness (QED) is 0.458. The van der Waals surface area contributed by atoms with Crippen LogP contribution in [-0.2, 0) is 6.18 Å². The summed E-state index contributed by atoms with van der Waals surface area (Å²) in [7, 11) is 1.43. The minimum atomic E-state index is -4.66. The number of amides is 1. The molecule has 2 N–H and O–H groups in total. The molecule has 34 heavy (non-hydrogen) atoms. The molecule has 3 aromatic rings. The molecule has 1 aliphatic heterocycles. The molecule has 2 unspecified atom stereocenters. The average Bonchev–Trinajstić information content (AvgIpc) is 3.21. The Balaban J connectivity index is 1.67. The van der Waals surface area contributed by atoms with Gasteiger partial charge in [-0.05, 0) is 35.9 Å². The number of benzene rings is 2. The SMILES string of the molecule is COc1cccc(C2CC(C(F)(F)F)n3ncc(C(=O)Nc4cccc(C(F)(F)F)c4)c3N2)c1. The maximum absolute atomic E-state index is 13.8. The monoisotopic (exact) mass is 484 g/mol. The lowest BCUT2D eigenvalue weighted by molar-refractivity contribution is -0.173. The summed E-state index contributed by atoms with van der Waals surface area (Å²) in [6.45, 7) is 0. The Kier molecular flexibility index (Phi) is 5.92. The first-order valence-corrected chi connectivity index (χ1v) is 10.0. The number of ether oxygens (including phenoxy) is 1. The summed E-state index contributed by atoms with van der Waals surface area (Å²) in [5, 5.41) is 8.98. The zero-order valence-corrected chi connectivity index (χ0v) is 17.5. The number of hydrogen-bond donors (Lipinski definition) is 2. The van der Waals surface area contributed by atoms with Crippen molar-refractivity contribution in [2.75, 3.05) is 17.7 Å². The Hall–Kier alpha value is -3.70. The van der Waals surface area contributed by atoms with E-state index in [2.05, 4.69) is 15.7 Å². The topological polar surface area (TPSA) is 68.2 Å². The van der Waals surface area contributed by atoms with Gasteiger partial charge in [0.05, 0.1) is 24.9 Å². The maximum Gasteiger partial charge on any atom is 0.416 e. The number of carbonyl (C=O) groups is 1. The standard InChI is InChI=1S/C22H18F6N4O2/c1-34-15-7-2-4-12(8-15)17-10-18(22(26,27)28)32-19(31-17)16(11-29-32)20(33)30-14-6-3-5-13(9-14)21(23,24)25/h2-9,11,17-18,31H,10H2,1H3,(H,30,33). The Labute approximate surface area is 189 Å². The van der Waals surface area contributed by atoms with Crippen molar-refractivity contribution in [3.63, 3.8) is 0 Å². The van der Waals surface area contributed by atoms with Gasteiger partial charge < -0.3 is 15.4 Å². The van der Waals surface area contributed by atoms with Crippen molar-refractivity contribution in [2.24, 2.45) is 0 Å². The van der Waals surface area contributed by atoms with E-state index in [-0.39, 0.29) is 23.5 Å².